The molecule has 1 aromatic carbocycles. The monoisotopic (exact) mass is 457 g/mol. The summed E-state index contributed by atoms with van der Waals surface area (Å²) < 4.78 is 0. The van der Waals surface area contributed by atoms with Crippen LogP contribution in [0, 0.1) is 11.8 Å². The standard InChI is InChI=1S/C19H27N3S.HI/c1-20-19(21-11-14-6-4-10-23-14)22-12-17-16-9-8-13-5-2-3-7-15(13)18(16)17;/h2-3,5,7,14,16-18H,4,6,8-12H2,1H3,(H2,20,21,22);1H. The Labute approximate surface area is 166 Å². The number of nitrogens with one attached hydrogen (secondary N) is 2. The van der Waals surface area contributed by atoms with Gasteiger partial charge in [0.1, 0.15) is 0 Å². The van der Waals surface area contributed by atoms with Crippen LogP contribution in [0.5, 0.6) is 0 Å². The van der Waals surface area contributed by atoms with Gasteiger partial charge in [-0.3, -0.25) is 4.99 Å². The van der Waals surface area contributed by atoms with E-state index in [4.69, 9.17) is 0 Å². The summed E-state index contributed by atoms with van der Waals surface area (Å²) in [6, 6.07) is 9.04. The predicted octanol–water partition coefficient (Wildman–Crippen LogP) is 3.64. The molecule has 24 heavy (non-hydrogen) atoms. The molecule has 0 amide bonds. The Balaban J connectivity index is 0.00000169. The van der Waals surface area contributed by atoms with Crippen LogP contribution >= 0.6 is 35.7 Å². The van der Waals surface area contributed by atoms with Gasteiger partial charge in [-0.2, -0.15) is 11.8 Å². The van der Waals surface area contributed by atoms with Gasteiger partial charge in [0.25, 0.3) is 0 Å². The first-order valence-electron chi connectivity index (χ1n) is 9.00. The van der Waals surface area contributed by atoms with Crippen LogP contribution in [-0.4, -0.2) is 37.1 Å². The quantitative estimate of drug-likeness (QED) is 0.412. The molecular weight excluding hydrogens is 429 g/mol. The average Bonchev–Trinajstić information content (AvgIpc) is 3.05. The molecule has 1 heterocycles. The largest absolute Gasteiger partial charge is 0.356 e. The van der Waals surface area contributed by atoms with Gasteiger partial charge in [-0.05, 0) is 60.3 Å². The molecule has 4 unspecified atom stereocenters. The van der Waals surface area contributed by atoms with Gasteiger partial charge < -0.3 is 10.6 Å². The molecule has 0 bridgehead atoms. The lowest BCUT2D eigenvalue weighted by Crippen LogP contribution is -2.41. The second-order valence-electron chi connectivity index (χ2n) is 7.06. The van der Waals surface area contributed by atoms with Gasteiger partial charge in [-0.25, -0.2) is 0 Å². The number of aryl methyl sites for hydroxylation is 1. The van der Waals surface area contributed by atoms with Crippen LogP contribution < -0.4 is 10.6 Å². The van der Waals surface area contributed by atoms with Crippen molar-refractivity contribution in [3.8, 4) is 0 Å². The number of guanidine groups is 1. The van der Waals surface area contributed by atoms with E-state index in [2.05, 4.69) is 51.7 Å². The predicted molar refractivity (Wildman–Crippen MR) is 115 cm³/mol. The van der Waals surface area contributed by atoms with Crippen molar-refractivity contribution in [2.24, 2.45) is 16.8 Å². The SMILES string of the molecule is CN=C(NCC1CCCS1)NCC1C2CCc3ccccc3C21.I. The molecule has 4 rings (SSSR count). The molecule has 132 valence electrons. The van der Waals surface area contributed by atoms with Crippen LogP contribution in [0.15, 0.2) is 29.3 Å². The Bertz CT molecular complexity index is 586. The normalized spacial score (nSPS) is 30.8. The smallest absolute Gasteiger partial charge is 0.191 e. The second kappa shape index (κ2) is 8.30. The zero-order valence-electron chi connectivity index (χ0n) is 14.3. The number of rotatable bonds is 4. The van der Waals surface area contributed by atoms with Crippen LogP contribution in [0.4, 0.5) is 0 Å². The fraction of sp³-hybridized carbons (Fsp3) is 0.632. The van der Waals surface area contributed by atoms with E-state index < -0.39 is 0 Å². The summed E-state index contributed by atoms with van der Waals surface area (Å²) >= 11 is 2.09. The fourth-order valence-corrected chi connectivity index (χ4v) is 5.64. The molecule has 0 aromatic heterocycles. The number of thioether (sulfide) groups is 1. The number of nitrogens with zero attached hydrogens (tertiary/aromatic N) is 1. The highest BCUT2D eigenvalue weighted by Gasteiger charge is 2.52. The lowest BCUT2D eigenvalue weighted by molar-refractivity contribution is 0.617. The van der Waals surface area contributed by atoms with E-state index in [1.165, 1.54) is 31.4 Å². The van der Waals surface area contributed by atoms with E-state index in [1.807, 2.05) is 7.05 Å². The van der Waals surface area contributed by atoms with E-state index in [1.54, 1.807) is 11.1 Å². The van der Waals surface area contributed by atoms with Gasteiger partial charge in [0, 0.05) is 25.4 Å². The Morgan fingerprint density at radius 2 is 2.04 bits per heavy atom. The molecule has 3 aliphatic rings. The first-order chi connectivity index (χ1) is 11.4. The maximum Gasteiger partial charge on any atom is 0.191 e. The summed E-state index contributed by atoms with van der Waals surface area (Å²) in [6.07, 6.45) is 5.34. The van der Waals surface area contributed by atoms with Crippen molar-refractivity contribution < 1.29 is 0 Å². The van der Waals surface area contributed by atoms with E-state index >= 15 is 0 Å². The van der Waals surface area contributed by atoms with Crippen LogP contribution in [-0.2, 0) is 6.42 Å². The average molecular weight is 457 g/mol. The van der Waals surface area contributed by atoms with Gasteiger partial charge in [0.15, 0.2) is 5.96 Å². The molecule has 4 atom stereocenters. The minimum absolute atomic E-state index is 0. The summed E-state index contributed by atoms with van der Waals surface area (Å²) in [6.45, 7) is 2.10. The molecule has 2 fully saturated rings. The summed E-state index contributed by atoms with van der Waals surface area (Å²) in [5.74, 6) is 4.77. The van der Waals surface area contributed by atoms with Gasteiger partial charge >= 0.3 is 0 Å². The molecule has 0 radical (unpaired) electrons. The van der Waals surface area contributed by atoms with Gasteiger partial charge in [0.05, 0.1) is 0 Å². The number of benzene rings is 1. The lowest BCUT2D eigenvalue weighted by Gasteiger charge is -2.15. The van der Waals surface area contributed by atoms with Gasteiger partial charge in [-0.15, -0.1) is 24.0 Å². The zero-order chi connectivity index (χ0) is 15.6. The highest BCUT2D eigenvalue weighted by Crippen LogP contribution is 2.59. The summed E-state index contributed by atoms with van der Waals surface area (Å²) in [5.41, 5.74) is 3.19. The topological polar surface area (TPSA) is 36.4 Å². The molecule has 2 N–H and O–H groups in total. The molecular formula is C19H28IN3S. The Hall–Kier alpha value is -0.430. The van der Waals surface area contributed by atoms with Crippen molar-refractivity contribution >= 4 is 41.7 Å². The number of fused-ring (bicyclic) bond motifs is 3. The molecule has 3 nitrogen and oxygen atoms in total. The molecule has 5 heteroatoms. The molecule has 1 saturated heterocycles. The summed E-state index contributed by atoms with van der Waals surface area (Å²) in [4.78, 5) is 4.40. The third-order valence-corrected chi connectivity index (χ3v) is 7.14. The van der Waals surface area contributed by atoms with Crippen LogP contribution in [0.2, 0.25) is 0 Å². The molecule has 0 spiro atoms. The molecule has 2 aliphatic carbocycles. The van der Waals surface area contributed by atoms with Crippen molar-refractivity contribution in [1.82, 2.24) is 10.6 Å². The van der Waals surface area contributed by atoms with Crippen molar-refractivity contribution in [3.05, 3.63) is 35.4 Å². The van der Waals surface area contributed by atoms with Crippen LogP contribution in [0.1, 0.15) is 36.3 Å². The minimum atomic E-state index is 0. The first-order valence-corrected chi connectivity index (χ1v) is 10.1. The van der Waals surface area contributed by atoms with Gasteiger partial charge in [0.2, 0.25) is 0 Å². The lowest BCUT2D eigenvalue weighted by atomic mass is 9.92. The Kier molecular flexibility index (Phi) is 6.35. The number of hydrogen-bond acceptors (Lipinski definition) is 2. The Morgan fingerprint density at radius 1 is 1.21 bits per heavy atom. The summed E-state index contributed by atoms with van der Waals surface area (Å²) in [7, 11) is 1.88. The van der Waals surface area contributed by atoms with E-state index in [-0.39, 0.29) is 24.0 Å². The van der Waals surface area contributed by atoms with E-state index in [0.717, 1.165) is 42.1 Å². The number of hydrogen-bond donors (Lipinski definition) is 2. The number of aliphatic imine (C=N–C) groups is 1. The highest BCUT2D eigenvalue weighted by atomic mass is 127. The van der Waals surface area contributed by atoms with Crippen LogP contribution in [0.25, 0.3) is 0 Å². The van der Waals surface area contributed by atoms with E-state index in [0.29, 0.717) is 0 Å². The molecule has 1 saturated carbocycles. The van der Waals surface area contributed by atoms with Crippen LogP contribution in [0.3, 0.4) is 0 Å². The third kappa shape index (κ3) is 3.87. The fourth-order valence-electron chi connectivity index (χ4n) is 4.44. The summed E-state index contributed by atoms with van der Waals surface area (Å²) in [5, 5.41) is 7.85. The van der Waals surface area contributed by atoms with Crippen molar-refractivity contribution in [2.45, 2.75) is 36.9 Å². The Morgan fingerprint density at radius 3 is 2.83 bits per heavy atom. The zero-order valence-corrected chi connectivity index (χ0v) is 17.5. The van der Waals surface area contributed by atoms with Crippen molar-refractivity contribution in [2.75, 3.05) is 25.9 Å². The minimum Gasteiger partial charge on any atom is -0.356 e. The maximum atomic E-state index is 4.40. The maximum absolute atomic E-state index is 4.40. The van der Waals surface area contributed by atoms with Gasteiger partial charge in [-0.1, -0.05) is 24.3 Å². The second-order valence-corrected chi connectivity index (χ2v) is 8.47. The van der Waals surface area contributed by atoms with E-state index in [9.17, 15) is 0 Å². The molecule has 1 aromatic rings. The first kappa shape index (κ1) is 18.4. The highest BCUT2D eigenvalue weighted by molar-refractivity contribution is 14.0. The number of halogens is 1. The third-order valence-electron chi connectivity index (χ3n) is 5.74. The molecule has 1 aliphatic heterocycles. The van der Waals surface area contributed by atoms with Crippen molar-refractivity contribution in [1.29, 1.82) is 0 Å². The van der Waals surface area contributed by atoms with Crippen molar-refractivity contribution in [3.63, 3.8) is 0 Å².